The van der Waals surface area contributed by atoms with Crippen LogP contribution in [0.1, 0.15) is 33.6 Å². The Balaban J connectivity index is 2.03. The zero-order chi connectivity index (χ0) is 17.4. The lowest BCUT2D eigenvalue weighted by Gasteiger charge is -2.54. The van der Waals surface area contributed by atoms with E-state index in [9.17, 15) is 19.5 Å². The first-order valence-electron chi connectivity index (χ1n) is 7.79. The summed E-state index contributed by atoms with van der Waals surface area (Å²) in [5.74, 6) is -0.959. The molecule has 2 aliphatic heterocycles. The van der Waals surface area contributed by atoms with Crippen LogP contribution in [0, 0.1) is 5.41 Å². The van der Waals surface area contributed by atoms with Crippen molar-refractivity contribution in [2.24, 2.45) is 11.1 Å². The third-order valence-electron chi connectivity index (χ3n) is 4.29. The molecule has 0 bridgehead atoms. The Bertz CT molecular complexity index is 516. The number of β-lactam (4-membered cyclic amide) rings is 1. The summed E-state index contributed by atoms with van der Waals surface area (Å²) in [6, 6.07) is -0.995. The molecule has 8 nitrogen and oxygen atoms in total. The van der Waals surface area contributed by atoms with Crippen LogP contribution in [0.4, 0.5) is 4.79 Å². The quantitative estimate of drug-likeness (QED) is 0.691. The summed E-state index contributed by atoms with van der Waals surface area (Å²) in [5, 5.41) is 9.22. The highest BCUT2D eigenvalue weighted by Gasteiger charge is 2.57. The number of aliphatic hydroxyl groups is 1. The van der Waals surface area contributed by atoms with Crippen LogP contribution >= 0.6 is 0 Å². The van der Waals surface area contributed by atoms with Crippen LogP contribution in [-0.2, 0) is 14.3 Å². The number of aliphatic hydroxyl groups excluding tert-OH is 1. The molecule has 2 rings (SSSR count). The molecule has 2 saturated heterocycles. The molecule has 0 aliphatic carbocycles. The molecule has 2 heterocycles. The molecular weight excluding hydrogens is 302 g/mol. The molecule has 3 amide bonds. The van der Waals surface area contributed by atoms with Gasteiger partial charge in [-0.3, -0.25) is 9.59 Å². The maximum absolute atomic E-state index is 12.5. The molecule has 0 aromatic carbocycles. The van der Waals surface area contributed by atoms with Gasteiger partial charge in [-0.2, -0.15) is 0 Å². The largest absolute Gasteiger partial charge is 0.444 e. The van der Waals surface area contributed by atoms with Crippen molar-refractivity contribution in [3.8, 4) is 0 Å². The highest BCUT2D eigenvalue weighted by molar-refractivity contribution is 5.94. The van der Waals surface area contributed by atoms with Gasteiger partial charge in [-0.15, -0.1) is 0 Å². The predicted molar refractivity (Wildman–Crippen MR) is 81.3 cm³/mol. The van der Waals surface area contributed by atoms with Gasteiger partial charge in [-0.05, 0) is 33.6 Å². The van der Waals surface area contributed by atoms with Gasteiger partial charge in [0.1, 0.15) is 11.6 Å². The molecular formula is C15H25N3O5. The summed E-state index contributed by atoms with van der Waals surface area (Å²) < 4.78 is 5.36. The fraction of sp³-hybridized carbons (Fsp3) is 0.800. The van der Waals surface area contributed by atoms with Crippen molar-refractivity contribution in [3.63, 3.8) is 0 Å². The summed E-state index contributed by atoms with van der Waals surface area (Å²) in [6.07, 6.45) is 0.911. The number of primary amides is 1. The van der Waals surface area contributed by atoms with Crippen LogP contribution < -0.4 is 5.73 Å². The van der Waals surface area contributed by atoms with E-state index in [-0.39, 0.29) is 12.5 Å². The first kappa shape index (κ1) is 17.5. The molecule has 8 heteroatoms. The Morgan fingerprint density at radius 2 is 2.04 bits per heavy atom. The lowest BCUT2D eigenvalue weighted by atomic mass is 9.71. The average Bonchev–Trinajstić information content (AvgIpc) is 2.45. The van der Waals surface area contributed by atoms with Crippen LogP contribution in [0.2, 0.25) is 0 Å². The molecule has 1 spiro atoms. The first-order valence-corrected chi connectivity index (χ1v) is 7.79. The number of likely N-dealkylation sites (tertiary alicyclic amines) is 2. The van der Waals surface area contributed by atoms with Gasteiger partial charge in [0.05, 0.1) is 12.0 Å². The molecule has 0 radical (unpaired) electrons. The van der Waals surface area contributed by atoms with Crippen molar-refractivity contribution < 1.29 is 24.2 Å². The Morgan fingerprint density at radius 1 is 1.39 bits per heavy atom. The van der Waals surface area contributed by atoms with Crippen molar-refractivity contribution in [3.05, 3.63) is 0 Å². The van der Waals surface area contributed by atoms with Crippen molar-refractivity contribution in [1.29, 1.82) is 0 Å². The highest BCUT2D eigenvalue weighted by atomic mass is 16.6. The van der Waals surface area contributed by atoms with E-state index in [1.54, 1.807) is 25.7 Å². The van der Waals surface area contributed by atoms with E-state index >= 15 is 0 Å². The summed E-state index contributed by atoms with van der Waals surface area (Å²) in [6.45, 7) is 6.02. The molecule has 0 saturated carbocycles. The van der Waals surface area contributed by atoms with E-state index in [1.807, 2.05) is 0 Å². The number of rotatable bonds is 3. The van der Waals surface area contributed by atoms with Crippen LogP contribution in [0.3, 0.4) is 0 Å². The van der Waals surface area contributed by atoms with Gasteiger partial charge in [0.2, 0.25) is 11.8 Å². The van der Waals surface area contributed by atoms with Gasteiger partial charge in [-0.1, -0.05) is 0 Å². The molecule has 2 aliphatic rings. The van der Waals surface area contributed by atoms with E-state index in [4.69, 9.17) is 10.5 Å². The maximum Gasteiger partial charge on any atom is 0.410 e. The predicted octanol–water partition coefficient (Wildman–Crippen LogP) is -0.308. The van der Waals surface area contributed by atoms with E-state index in [1.165, 1.54) is 4.90 Å². The highest BCUT2D eigenvalue weighted by Crippen LogP contribution is 2.41. The zero-order valence-corrected chi connectivity index (χ0v) is 13.9. The van der Waals surface area contributed by atoms with Crippen molar-refractivity contribution in [2.45, 2.75) is 45.3 Å². The normalized spacial score (nSPS) is 26.0. The van der Waals surface area contributed by atoms with Gasteiger partial charge in [0.25, 0.3) is 0 Å². The van der Waals surface area contributed by atoms with Gasteiger partial charge >= 0.3 is 6.09 Å². The monoisotopic (exact) mass is 327 g/mol. The van der Waals surface area contributed by atoms with Gasteiger partial charge < -0.3 is 25.4 Å². The van der Waals surface area contributed by atoms with Crippen LogP contribution in [0.15, 0.2) is 0 Å². The maximum atomic E-state index is 12.5. The van der Waals surface area contributed by atoms with E-state index in [0.717, 1.165) is 0 Å². The van der Waals surface area contributed by atoms with E-state index < -0.39 is 35.7 Å². The van der Waals surface area contributed by atoms with Crippen molar-refractivity contribution in [1.82, 2.24) is 9.80 Å². The third kappa shape index (κ3) is 3.41. The smallest absolute Gasteiger partial charge is 0.410 e. The zero-order valence-electron chi connectivity index (χ0n) is 13.9. The number of ether oxygens (including phenoxy) is 1. The second-order valence-corrected chi connectivity index (χ2v) is 7.32. The van der Waals surface area contributed by atoms with Crippen molar-refractivity contribution in [2.75, 3.05) is 26.2 Å². The van der Waals surface area contributed by atoms with Crippen LogP contribution in [-0.4, -0.2) is 70.7 Å². The molecule has 1 unspecified atom stereocenters. The molecule has 3 N–H and O–H groups in total. The number of piperidine rings is 1. The number of amides is 3. The third-order valence-corrected chi connectivity index (χ3v) is 4.29. The van der Waals surface area contributed by atoms with Crippen molar-refractivity contribution >= 4 is 17.9 Å². The minimum absolute atomic E-state index is 0.233. The Labute approximate surface area is 135 Å². The summed E-state index contributed by atoms with van der Waals surface area (Å²) >= 11 is 0. The minimum Gasteiger partial charge on any atom is -0.444 e. The van der Waals surface area contributed by atoms with Gasteiger partial charge in [-0.25, -0.2) is 4.79 Å². The number of carbonyl (C=O) groups is 3. The second kappa shape index (κ2) is 5.99. The molecule has 0 aromatic rings. The van der Waals surface area contributed by atoms with Crippen LogP contribution in [0.5, 0.6) is 0 Å². The summed E-state index contributed by atoms with van der Waals surface area (Å²) in [4.78, 5) is 38.8. The molecule has 130 valence electrons. The molecule has 0 aromatic heterocycles. The fourth-order valence-corrected chi connectivity index (χ4v) is 3.19. The molecule has 2 fully saturated rings. The topological polar surface area (TPSA) is 113 Å². The Morgan fingerprint density at radius 3 is 2.52 bits per heavy atom. The summed E-state index contributed by atoms with van der Waals surface area (Å²) in [5.41, 5.74) is 3.93. The Hall–Kier alpha value is -1.83. The summed E-state index contributed by atoms with van der Waals surface area (Å²) in [7, 11) is 0. The minimum atomic E-state index is -0.995. The number of nitrogens with zero attached hydrogens (tertiary/aromatic N) is 2. The standard InChI is InChI=1S/C15H25N3O5/c1-14(2,3)23-13(22)17-6-4-5-15(8-17)9-18(12(15)21)10(7-19)11(16)20/h10,19H,4-9H2,1-3H3,(H2,16,20)/t10-,15?/m0/s1. The lowest BCUT2D eigenvalue weighted by Crippen LogP contribution is -2.71. The fourth-order valence-electron chi connectivity index (χ4n) is 3.19. The molecule has 2 atom stereocenters. The second-order valence-electron chi connectivity index (χ2n) is 7.32. The number of carbonyl (C=O) groups excluding carboxylic acids is 3. The Kier molecular flexibility index (Phi) is 4.57. The molecule has 23 heavy (non-hydrogen) atoms. The van der Waals surface area contributed by atoms with E-state index in [2.05, 4.69) is 0 Å². The number of hydrogen-bond acceptors (Lipinski definition) is 5. The van der Waals surface area contributed by atoms with Gasteiger partial charge in [0, 0.05) is 19.6 Å². The lowest BCUT2D eigenvalue weighted by molar-refractivity contribution is -0.173. The number of nitrogens with two attached hydrogens (primary N) is 1. The van der Waals surface area contributed by atoms with E-state index in [0.29, 0.717) is 25.9 Å². The van der Waals surface area contributed by atoms with Gasteiger partial charge in [0.15, 0.2) is 0 Å². The first-order chi connectivity index (χ1) is 10.6. The average molecular weight is 327 g/mol. The van der Waals surface area contributed by atoms with Crippen LogP contribution in [0.25, 0.3) is 0 Å². The SMILES string of the molecule is CC(C)(C)OC(=O)N1CCCC2(C1)CN([C@@H](CO)C(N)=O)C2=O. The number of hydrogen-bond donors (Lipinski definition) is 2.